The number of benzene rings is 2. The quantitative estimate of drug-likeness (QED) is 0.766. The van der Waals surface area contributed by atoms with E-state index >= 15 is 0 Å². The number of ether oxygens (including phenoxy) is 2. The van der Waals surface area contributed by atoms with Crippen molar-refractivity contribution in [1.29, 1.82) is 0 Å². The van der Waals surface area contributed by atoms with Gasteiger partial charge in [-0.2, -0.15) is 0 Å². The Morgan fingerprint density at radius 2 is 1.60 bits per heavy atom. The first-order valence-electron chi connectivity index (χ1n) is 7.81. The first-order chi connectivity index (χ1) is 12.0. The van der Waals surface area contributed by atoms with Crippen molar-refractivity contribution in [3.8, 4) is 11.5 Å². The molecule has 2 aromatic carbocycles. The second kappa shape index (κ2) is 8.73. The number of aliphatic carboxylic acids is 1. The van der Waals surface area contributed by atoms with Crippen LogP contribution in [0.1, 0.15) is 11.1 Å². The molecule has 0 aliphatic rings. The highest BCUT2D eigenvalue weighted by molar-refractivity contribution is 5.86. The highest BCUT2D eigenvalue weighted by Gasteiger charge is 2.22. The summed E-state index contributed by atoms with van der Waals surface area (Å²) in [4.78, 5) is 23.8. The number of methoxy groups -OCH3 is 2. The Hall–Kier alpha value is -3.02. The number of carboxylic acid groups (broad SMARTS) is 1. The molecule has 0 bridgehead atoms. The predicted octanol–water partition coefficient (Wildman–Crippen LogP) is 2.06. The van der Waals surface area contributed by atoms with E-state index < -0.39 is 17.9 Å². The fourth-order valence-electron chi connectivity index (χ4n) is 2.56. The van der Waals surface area contributed by atoms with E-state index in [1.165, 1.54) is 14.2 Å². The van der Waals surface area contributed by atoms with Crippen molar-refractivity contribution in [3.05, 3.63) is 59.7 Å². The van der Waals surface area contributed by atoms with Crippen LogP contribution in [-0.2, 0) is 22.4 Å². The fourth-order valence-corrected chi connectivity index (χ4v) is 2.56. The summed E-state index contributed by atoms with van der Waals surface area (Å²) in [6.45, 7) is 0. The Balaban J connectivity index is 2.11. The van der Waals surface area contributed by atoms with Crippen LogP contribution in [0.2, 0.25) is 0 Å². The number of hydrogen-bond donors (Lipinski definition) is 2. The molecule has 2 aromatic rings. The van der Waals surface area contributed by atoms with E-state index in [0.717, 1.165) is 5.56 Å². The van der Waals surface area contributed by atoms with E-state index in [-0.39, 0.29) is 12.8 Å². The maximum atomic E-state index is 12.4. The molecular weight excluding hydrogens is 322 g/mol. The normalized spacial score (nSPS) is 11.4. The van der Waals surface area contributed by atoms with Gasteiger partial charge in [0, 0.05) is 12.0 Å². The second-order valence-corrected chi connectivity index (χ2v) is 5.47. The van der Waals surface area contributed by atoms with Crippen molar-refractivity contribution < 1.29 is 24.2 Å². The van der Waals surface area contributed by atoms with E-state index in [2.05, 4.69) is 5.32 Å². The van der Waals surface area contributed by atoms with Gasteiger partial charge in [0.25, 0.3) is 0 Å². The first kappa shape index (κ1) is 18.3. The van der Waals surface area contributed by atoms with Gasteiger partial charge in [0.2, 0.25) is 5.91 Å². The van der Waals surface area contributed by atoms with Gasteiger partial charge in [0.1, 0.15) is 17.5 Å². The number of nitrogens with one attached hydrogen (secondary N) is 1. The van der Waals surface area contributed by atoms with Crippen molar-refractivity contribution in [1.82, 2.24) is 5.32 Å². The van der Waals surface area contributed by atoms with Gasteiger partial charge in [0.05, 0.1) is 20.6 Å². The Labute approximate surface area is 146 Å². The van der Waals surface area contributed by atoms with Crippen molar-refractivity contribution in [3.63, 3.8) is 0 Å². The summed E-state index contributed by atoms with van der Waals surface area (Å²) >= 11 is 0. The summed E-state index contributed by atoms with van der Waals surface area (Å²) < 4.78 is 10.5. The van der Waals surface area contributed by atoms with Crippen molar-refractivity contribution in [2.24, 2.45) is 0 Å². The highest BCUT2D eigenvalue weighted by atomic mass is 16.5. The summed E-state index contributed by atoms with van der Waals surface area (Å²) in [7, 11) is 3.01. The minimum absolute atomic E-state index is 0.0360. The molecule has 0 spiro atoms. The van der Waals surface area contributed by atoms with Gasteiger partial charge < -0.3 is 19.9 Å². The average molecular weight is 343 g/mol. The molecule has 0 aromatic heterocycles. The van der Waals surface area contributed by atoms with Crippen LogP contribution >= 0.6 is 0 Å². The minimum atomic E-state index is -1.08. The standard InChI is InChI=1S/C19H21NO5/c1-24-16-9-6-10-17(25-2)14(16)12-18(21)20-15(19(22)23)11-13-7-4-3-5-8-13/h3-10,15H,11-12H2,1-2H3,(H,20,21)(H,22,23)/t15-/m1/s1. The second-order valence-electron chi connectivity index (χ2n) is 5.47. The van der Waals surface area contributed by atoms with Gasteiger partial charge >= 0.3 is 5.97 Å². The molecule has 0 saturated heterocycles. The fraction of sp³-hybridized carbons (Fsp3) is 0.263. The molecular formula is C19H21NO5. The van der Waals surface area contributed by atoms with Crippen LogP contribution in [0.25, 0.3) is 0 Å². The third-order valence-corrected chi connectivity index (χ3v) is 3.78. The zero-order valence-electron chi connectivity index (χ0n) is 14.2. The maximum Gasteiger partial charge on any atom is 0.326 e. The summed E-state index contributed by atoms with van der Waals surface area (Å²) in [5.41, 5.74) is 1.42. The summed E-state index contributed by atoms with van der Waals surface area (Å²) in [5, 5.41) is 12.0. The summed E-state index contributed by atoms with van der Waals surface area (Å²) in [5.74, 6) is -0.454. The lowest BCUT2D eigenvalue weighted by atomic mass is 10.0. The van der Waals surface area contributed by atoms with Gasteiger partial charge in [-0.3, -0.25) is 4.79 Å². The third kappa shape index (κ3) is 4.97. The molecule has 2 rings (SSSR count). The Kier molecular flexibility index (Phi) is 6.39. The van der Waals surface area contributed by atoms with Gasteiger partial charge in [-0.15, -0.1) is 0 Å². The molecule has 0 heterocycles. The molecule has 0 aliphatic heterocycles. The van der Waals surface area contributed by atoms with Crippen LogP contribution in [0.4, 0.5) is 0 Å². The lowest BCUT2D eigenvalue weighted by Gasteiger charge is -2.16. The molecule has 0 radical (unpaired) electrons. The largest absolute Gasteiger partial charge is 0.496 e. The van der Waals surface area contributed by atoms with E-state index in [1.54, 1.807) is 18.2 Å². The van der Waals surface area contributed by atoms with Crippen molar-refractivity contribution >= 4 is 11.9 Å². The molecule has 0 unspecified atom stereocenters. The molecule has 1 amide bonds. The molecule has 0 saturated carbocycles. The monoisotopic (exact) mass is 343 g/mol. The zero-order valence-corrected chi connectivity index (χ0v) is 14.2. The number of hydrogen-bond acceptors (Lipinski definition) is 4. The van der Waals surface area contributed by atoms with Crippen LogP contribution < -0.4 is 14.8 Å². The number of carbonyl (C=O) groups is 2. The molecule has 1 atom stereocenters. The van der Waals surface area contributed by atoms with Gasteiger partial charge in [-0.05, 0) is 17.7 Å². The smallest absolute Gasteiger partial charge is 0.326 e. The zero-order chi connectivity index (χ0) is 18.2. The molecule has 0 fully saturated rings. The van der Waals surface area contributed by atoms with Gasteiger partial charge in [-0.25, -0.2) is 4.79 Å². The minimum Gasteiger partial charge on any atom is -0.496 e. The summed E-state index contributed by atoms with van der Waals surface area (Å²) in [6, 6.07) is 13.4. The van der Waals surface area contributed by atoms with E-state index in [1.807, 2.05) is 30.3 Å². The molecule has 25 heavy (non-hydrogen) atoms. The van der Waals surface area contributed by atoms with E-state index in [4.69, 9.17) is 9.47 Å². The molecule has 6 heteroatoms. The number of carboxylic acids is 1. The Bertz CT molecular complexity index is 708. The predicted molar refractivity (Wildman–Crippen MR) is 93.0 cm³/mol. The van der Waals surface area contributed by atoms with Crippen molar-refractivity contribution in [2.45, 2.75) is 18.9 Å². The molecule has 6 nitrogen and oxygen atoms in total. The topological polar surface area (TPSA) is 84.9 Å². The lowest BCUT2D eigenvalue weighted by Crippen LogP contribution is -2.43. The highest BCUT2D eigenvalue weighted by Crippen LogP contribution is 2.28. The molecule has 2 N–H and O–H groups in total. The number of rotatable bonds is 8. The maximum absolute atomic E-state index is 12.4. The Morgan fingerprint density at radius 3 is 2.12 bits per heavy atom. The third-order valence-electron chi connectivity index (χ3n) is 3.78. The first-order valence-corrected chi connectivity index (χ1v) is 7.81. The van der Waals surface area contributed by atoms with Crippen LogP contribution in [0, 0.1) is 0 Å². The van der Waals surface area contributed by atoms with Crippen molar-refractivity contribution in [2.75, 3.05) is 14.2 Å². The average Bonchev–Trinajstić information content (AvgIpc) is 2.62. The van der Waals surface area contributed by atoms with Gasteiger partial charge in [-0.1, -0.05) is 36.4 Å². The number of carbonyl (C=O) groups excluding carboxylic acids is 1. The van der Waals surface area contributed by atoms with Crippen LogP contribution in [-0.4, -0.2) is 37.2 Å². The van der Waals surface area contributed by atoms with Crippen LogP contribution in [0.15, 0.2) is 48.5 Å². The lowest BCUT2D eigenvalue weighted by molar-refractivity contribution is -0.141. The molecule has 0 aliphatic carbocycles. The SMILES string of the molecule is COc1cccc(OC)c1CC(=O)N[C@H](Cc1ccccc1)C(=O)O. The van der Waals surface area contributed by atoms with Gasteiger partial charge in [0.15, 0.2) is 0 Å². The summed E-state index contributed by atoms with van der Waals surface area (Å²) in [6.07, 6.45) is 0.177. The number of amides is 1. The van der Waals surface area contributed by atoms with E-state index in [9.17, 15) is 14.7 Å². The van der Waals surface area contributed by atoms with Crippen LogP contribution in [0.3, 0.4) is 0 Å². The van der Waals surface area contributed by atoms with Crippen LogP contribution in [0.5, 0.6) is 11.5 Å². The van der Waals surface area contributed by atoms with E-state index in [0.29, 0.717) is 17.1 Å². The molecule has 132 valence electrons. The Morgan fingerprint density at radius 1 is 1.00 bits per heavy atom.